The van der Waals surface area contributed by atoms with Crippen molar-refractivity contribution in [3.8, 4) is 0 Å². The zero-order chi connectivity index (χ0) is 15.0. The lowest BCUT2D eigenvalue weighted by Gasteiger charge is -2.26. The number of hydrogen-bond donors (Lipinski definition) is 2. The van der Waals surface area contributed by atoms with E-state index in [0.717, 1.165) is 39.0 Å². The van der Waals surface area contributed by atoms with Crippen molar-refractivity contribution in [2.45, 2.75) is 45.2 Å². The molecular weight excluding hydrogens is 254 g/mol. The number of hydrogen-bond acceptors (Lipinski definition) is 4. The summed E-state index contributed by atoms with van der Waals surface area (Å²) in [6, 6.07) is 0.654. The maximum atomic E-state index is 12.0. The SMILES string of the molecule is CC(C)CC(CN(C)C)NCC(=O)NC1CCOCC1. The summed E-state index contributed by atoms with van der Waals surface area (Å²) in [5.74, 6) is 0.732. The monoisotopic (exact) mass is 285 g/mol. The third-order valence-electron chi connectivity index (χ3n) is 3.48. The normalized spacial score (nSPS) is 18.5. The van der Waals surface area contributed by atoms with E-state index in [4.69, 9.17) is 4.74 Å². The van der Waals surface area contributed by atoms with E-state index in [9.17, 15) is 4.79 Å². The second-order valence-electron chi connectivity index (χ2n) is 6.42. The van der Waals surface area contributed by atoms with Crippen LogP contribution >= 0.6 is 0 Å². The van der Waals surface area contributed by atoms with Gasteiger partial charge in [-0.1, -0.05) is 13.8 Å². The third kappa shape index (κ3) is 7.82. The minimum atomic E-state index is 0.101. The zero-order valence-corrected chi connectivity index (χ0v) is 13.4. The van der Waals surface area contributed by atoms with E-state index < -0.39 is 0 Å². The van der Waals surface area contributed by atoms with Crippen LogP contribution < -0.4 is 10.6 Å². The molecule has 1 aliphatic rings. The molecule has 1 atom stereocenters. The molecule has 1 unspecified atom stereocenters. The number of nitrogens with zero attached hydrogens (tertiary/aromatic N) is 1. The Balaban J connectivity index is 2.27. The van der Waals surface area contributed by atoms with E-state index in [0.29, 0.717) is 18.5 Å². The lowest BCUT2D eigenvalue weighted by Crippen LogP contribution is -2.47. The molecule has 0 aromatic heterocycles. The van der Waals surface area contributed by atoms with Gasteiger partial charge in [-0.3, -0.25) is 4.79 Å². The molecule has 118 valence electrons. The number of nitrogens with one attached hydrogen (secondary N) is 2. The predicted octanol–water partition coefficient (Wildman–Crippen LogP) is 0.848. The van der Waals surface area contributed by atoms with Crippen LogP contribution in [0.5, 0.6) is 0 Å². The maximum Gasteiger partial charge on any atom is 0.234 e. The Morgan fingerprint density at radius 1 is 1.30 bits per heavy atom. The van der Waals surface area contributed by atoms with Gasteiger partial charge in [0.05, 0.1) is 6.54 Å². The largest absolute Gasteiger partial charge is 0.381 e. The van der Waals surface area contributed by atoms with Gasteiger partial charge in [-0.05, 0) is 39.3 Å². The summed E-state index contributed by atoms with van der Waals surface area (Å²) in [5.41, 5.74) is 0. The minimum Gasteiger partial charge on any atom is -0.381 e. The molecule has 1 fully saturated rings. The smallest absolute Gasteiger partial charge is 0.234 e. The molecule has 0 bridgehead atoms. The van der Waals surface area contributed by atoms with Gasteiger partial charge in [-0.15, -0.1) is 0 Å². The molecule has 0 aromatic rings. The topological polar surface area (TPSA) is 53.6 Å². The first-order valence-electron chi connectivity index (χ1n) is 7.72. The molecule has 0 spiro atoms. The van der Waals surface area contributed by atoms with Gasteiger partial charge in [0, 0.05) is 31.8 Å². The summed E-state index contributed by atoms with van der Waals surface area (Å²) < 4.78 is 5.29. The van der Waals surface area contributed by atoms with Gasteiger partial charge in [0.15, 0.2) is 0 Å². The molecule has 5 nitrogen and oxygen atoms in total. The van der Waals surface area contributed by atoms with Crippen LogP contribution in [-0.4, -0.2) is 63.3 Å². The molecule has 1 heterocycles. The van der Waals surface area contributed by atoms with Gasteiger partial charge in [0.25, 0.3) is 0 Å². The fourth-order valence-corrected chi connectivity index (χ4v) is 2.59. The second-order valence-corrected chi connectivity index (χ2v) is 6.42. The molecule has 2 N–H and O–H groups in total. The lowest BCUT2D eigenvalue weighted by molar-refractivity contribution is -0.121. The number of amides is 1. The second kappa shape index (κ2) is 9.32. The van der Waals surface area contributed by atoms with E-state index in [1.165, 1.54) is 0 Å². The Bertz CT molecular complexity index is 266. The van der Waals surface area contributed by atoms with E-state index in [1.54, 1.807) is 0 Å². The number of rotatable bonds is 8. The van der Waals surface area contributed by atoms with Crippen molar-refractivity contribution in [2.24, 2.45) is 5.92 Å². The molecule has 20 heavy (non-hydrogen) atoms. The van der Waals surface area contributed by atoms with Crippen molar-refractivity contribution in [1.82, 2.24) is 15.5 Å². The van der Waals surface area contributed by atoms with Crippen LogP contribution in [0.25, 0.3) is 0 Å². The van der Waals surface area contributed by atoms with Crippen LogP contribution in [0.2, 0.25) is 0 Å². The molecule has 1 aliphatic heterocycles. The highest BCUT2D eigenvalue weighted by atomic mass is 16.5. The van der Waals surface area contributed by atoms with Gasteiger partial charge >= 0.3 is 0 Å². The highest BCUT2D eigenvalue weighted by molar-refractivity contribution is 5.78. The standard InChI is InChI=1S/C15H31N3O2/c1-12(2)9-14(11-18(3)4)16-10-15(19)17-13-5-7-20-8-6-13/h12-14,16H,5-11H2,1-4H3,(H,17,19). The van der Waals surface area contributed by atoms with Gasteiger partial charge in [-0.25, -0.2) is 0 Å². The van der Waals surface area contributed by atoms with Gasteiger partial charge in [0.1, 0.15) is 0 Å². The maximum absolute atomic E-state index is 12.0. The summed E-state index contributed by atoms with van der Waals surface area (Å²) >= 11 is 0. The van der Waals surface area contributed by atoms with Crippen molar-refractivity contribution in [3.63, 3.8) is 0 Å². The predicted molar refractivity (Wildman–Crippen MR) is 81.8 cm³/mol. The van der Waals surface area contributed by atoms with E-state index in [-0.39, 0.29) is 11.9 Å². The molecule has 0 radical (unpaired) electrons. The van der Waals surface area contributed by atoms with E-state index in [1.807, 2.05) is 0 Å². The molecule has 1 amide bonds. The van der Waals surface area contributed by atoms with Crippen LogP contribution in [0.3, 0.4) is 0 Å². The summed E-state index contributed by atoms with van der Waals surface area (Å²) in [6.07, 6.45) is 2.94. The highest BCUT2D eigenvalue weighted by Gasteiger charge is 2.17. The Kier molecular flexibility index (Phi) is 8.11. The van der Waals surface area contributed by atoms with Gasteiger partial charge in [0.2, 0.25) is 5.91 Å². The number of carbonyl (C=O) groups is 1. The average Bonchev–Trinajstić information content (AvgIpc) is 2.36. The number of likely N-dealkylation sites (N-methyl/N-ethyl adjacent to an activating group) is 1. The lowest BCUT2D eigenvalue weighted by atomic mass is 10.0. The first kappa shape index (κ1) is 17.4. The molecular formula is C15H31N3O2. The Hall–Kier alpha value is -0.650. The Morgan fingerprint density at radius 3 is 2.50 bits per heavy atom. The highest BCUT2D eigenvalue weighted by Crippen LogP contribution is 2.07. The summed E-state index contributed by atoms with van der Waals surface area (Å²) in [5, 5.41) is 6.47. The van der Waals surface area contributed by atoms with Crippen molar-refractivity contribution in [2.75, 3.05) is 40.4 Å². The third-order valence-corrected chi connectivity index (χ3v) is 3.48. The van der Waals surface area contributed by atoms with Crippen LogP contribution in [-0.2, 0) is 9.53 Å². The van der Waals surface area contributed by atoms with E-state index >= 15 is 0 Å². The molecule has 1 saturated heterocycles. The fourth-order valence-electron chi connectivity index (χ4n) is 2.59. The first-order valence-corrected chi connectivity index (χ1v) is 7.72. The fraction of sp³-hybridized carbons (Fsp3) is 0.933. The average molecular weight is 285 g/mol. The Labute approximate surface area is 123 Å². The van der Waals surface area contributed by atoms with E-state index in [2.05, 4.69) is 43.5 Å². The van der Waals surface area contributed by atoms with Crippen molar-refractivity contribution in [1.29, 1.82) is 0 Å². The van der Waals surface area contributed by atoms with Gasteiger partial charge < -0.3 is 20.3 Å². The van der Waals surface area contributed by atoms with Gasteiger partial charge in [-0.2, -0.15) is 0 Å². The van der Waals surface area contributed by atoms with Crippen LogP contribution in [0, 0.1) is 5.92 Å². The number of carbonyl (C=O) groups excluding carboxylic acids is 1. The molecule has 0 aromatic carbocycles. The Morgan fingerprint density at radius 2 is 1.95 bits per heavy atom. The first-order chi connectivity index (χ1) is 9.47. The van der Waals surface area contributed by atoms with Crippen molar-refractivity contribution in [3.05, 3.63) is 0 Å². The van der Waals surface area contributed by atoms with Crippen LogP contribution in [0.15, 0.2) is 0 Å². The number of ether oxygens (including phenoxy) is 1. The molecule has 0 saturated carbocycles. The molecule has 1 rings (SSSR count). The van der Waals surface area contributed by atoms with Crippen molar-refractivity contribution < 1.29 is 9.53 Å². The van der Waals surface area contributed by atoms with Crippen LogP contribution in [0.4, 0.5) is 0 Å². The van der Waals surface area contributed by atoms with Crippen LogP contribution in [0.1, 0.15) is 33.1 Å². The summed E-state index contributed by atoms with van der Waals surface area (Å²) in [7, 11) is 4.13. The van der Waals surface area contributed by atoms with Crippen molar-refractivity contribution >= 4 is 5.91 Å². The summed E-state index contributed by atoms with van der Waals surface area (Å²) in [4.78, 5) is 14.1. The quantitative estimate of drug-likeness (QED) is 0.694. The minimum absolute atomic E-state index is 0.101. The molecule has 0 aliphatic carbocycles. The zero-order valence-electron chi connectivity index (χ0n) is 13.4. The summed E-state index contributed by atoms with van der Waals surface area (Å²) in [6.45, 7) is 7.31. The molecule has 5 heteroatoms.